The van der Waals surface area contributed by atoms with Crippen LogP contribution in [0.15, 0.2) is 33.7 Å². The number of nitrogens with one attached hydrogen (secondary N) is 2. The number of benzene rings is 1. The molecule has 0 aliphatic carbocycles. The summed E-state index contributed by atoms with van der Waals surface area (Å²) >= 11 is 3.60. The Labute approximate surface area is 145 Å². The summed E-state index contributed by atoms with van der Waals surface area (Å²) in [6, 6.07) is 8.58. The molecule has 1 fully saturated rings. The van der Waals surface area contributed by atoms with Gasteiger partial charge in [-0.25, -0.2) is 0 Å². The van der Waals surface area contributed by atoms with Crippen LogP contribution < -0.4 is 15.5 Å². The van der Waals surface area contributed by atoms with Gasteiger partial charge in [0.15, 0.2) is 5.96 Å². The van der Waals surface area contributed by atoms with Crippen LogP contribution in [0, 0.1) is 0 Å². The van der Waals surface area contributed by atoms with Crippen molar-refractivity contribution in [3.05, 3.63) is 28.7 Å². The second-order valence-electron chi connectivity index (χ2n) is 5.35. The van der Waals surface area contributed by atoms with E-state index in [0.717, 1.165) is 24.0 Å². The number of esters is 1. The lowest BCUT2D eigenvalue weighted by atomic mass is 10.2. The van der Waals surface area contributed by atoms with E-state index in [-0.39, 0.29) is 5.97 Å². The number of anilines is 1. The Morgan fingerprint density at radius 3 is 2.96 bits per heavy atom. The monoisotopic (exact) mass is 382 g/mol. The number of aliphatic imine (C=N–C) groups is 1. The Kier molecular flexibility index (Phi) is 6.70. The van der Waals surface area contributed by atoms with Crippen molar-refractivity contribution in [2.24, 2.45) is 4.99 Å². The standard InChI is InChI=1S/C16H23BrN4O2/c1-18-16(19-9-7-15(22)23-2)20-12-8-10-21(11-12)14-6-4-3-5-13(14)17/h3-6,12H,7-11H2,1-2H3,(H2,18,19,20). The zero-order valence-corrected chi connectivity index (χ0v) is 15.1. The smallest absolute Gasteiger partial charge is 0.307 e. The number of halogens is 1. The average molecular weight is 383 g/mol. The molecule has 0 radical (unpaired) electrons. The quantitative estimate of drug-likeness (QED) is 0.461. The second-order valence-corrected chi connectivity index (χ2v) is 6.21. The van der Waals surface area contributed by atoms with Gasteiger partial charge in [0.1, 0.15) is 0 Å². The largest absolute Gasteiger partial charge is 0.469 e. The summed E-state index contributed by atoms with van der Waals surface area (Å²) in [4.78, 5) is 17.7. The van der Waals surface area contributed by atoms with Crippen molar-refractivity contribution >= 4 is 33.5 Å². The second kappa shape index (κ2) is 8.76. The van der Waals surface area contributed by atoms with Crippen LogP contribution in [-0.4, -0.2) is 51.8 Å². The Balaban J connectivity index is 1.82. The van der Waals surface area contributed by atoms with Crippen molar-refractivity contribution in [3.63, 3.8) is 0 Å². The van der Waals surface area contributed by atoms with Gasteiger partial charge in [-0.3, -0.25) is 9.79 Å². The number of ether oxygens (including phenoxy) is 1. The molecule has 0 saturated carbocycles. The highest BCUT2D eigenvalue weighted by molar-refractivity contribution is 9.10. The van der Waals surface area contributed by atoms with Gasteiger partial charge in [0.25, 0.3) is 0 Å². The lowest BCUT2D eigenvalue weighted by molar-refractivity contribution is -0.140. The molecule has 0 aromatic heterocycles. The van der Waals surface area contributed by atoms with Gasteiger partial charge in [-0.05, 0) is 34.5 Å². The molecular weight excluding hydrogens is 360 g/mol. The Morgan fingerprint density at radius 2 is 2.26 bits per heavy atom. The zero-order chi connectivity index (χ0) is 16.7. The van der Waals surface area contributed by atoms with Crippen LogP contribution in [0.4, 0.5) is 5.69 Å². The molecule has 0 bridgehead atoms. The van der Waals surface area contributed by atoms with E-state index in [0.29, 0.717) is 25.0 Å². The first kappa shape index (κ1) is 17.6. The summed E-state index contributed by atoms with van der Waals surface area (Å²) in [6.07, 6.45) is 1.37. The number of methoxy groups -OCH3 is 1. The van der Waals surface area contributed by atoms with E-state index in [9.17, 15) is 4.79 Å². The van der Waals surface area contributed by atoms with Gasteiger partial charge in [-0.15, -0.1) is 0 Å². The molecule has 1 heterocycles. The number of carbonyl (C=O) groups is 1. The van der Waals surface area contributed by atoms with Crippen molar-refractivity contribution in [2.75, 3.05) is 38.7 Å². The highest BCUT2D eigenvalue weighted by Crippen LogP contribution is 2.28. The molecule has 23 heavy (non-hydrogen) atoms. The predicted molar refractivity (Wildman–Crippen MR) is 95.9 cm³/mol. The van der Waals surface area contributed by atoms with Crippen molar-refractivity contribution in [1.82, 2.24) is 10.6 Å². The zero-order valence-electron chi connectivity index (χ0n) is 13.5. The maximum Gasteiger partial charge on any atom is 0.307 e. The molecule has 0 amide bonds. The van der Waals surface area contributed by atoms with Crippen LogP contribution in [-0.2, 0) is 9.53 Å². The van der Waals surface area contributed by atoms with Gasteiger partial charge in [0.2, 0.25) is 0 Å². The first-order chi connectivity index (χ1) is 11.1. The third-order valence-electron chi connectivity index (χ3n) is 3.80. The minimum Gasteiger partial charge on any atom is -0.469 e. The van der Waals surface area contributed by atoms with E-state index >= 15 is 0 Å². The molecule has 1 atom stereocenters. The summed E-state index contributed by atoms with van der Waals surface area (Å²) < 4.78 is 5.74. The summed E-state index contributed by atoms with van der Waals surface area (Å²) in [7, 11) is 3.12. The molecule has 1 saturated heterocycles. The molecule has 6 nitrogen and oxygen atoms in total. The van der Waals surface area contributed by atoms with E-state index in [1.807, 2.05) is 12.1 Å². The summed E-state index contributed by atoms with van der Waals surface area (Å²) in [5.41, 5.74) is 1.21. The highest BCUT2D eigenvalue weighted by atomic mass is 79.9. The van der Waals surface area contributed by atoms with Gasteiger partial charge in [-0.2, -0.15) is 0 Å². The van der Waals surface area contributed by atoms with Crippen LogP contribution in [0.5, 0.6) is 0 Å². The number of guanidine groups is 1. The average Bonchev–Trinajstić information content (AvgIpc) is 3.02. The molecule has 2 N–H and O–H groups in total. The number of nitrogens with zero attached hydrogens (tertiary/aromatic N) is 2. The summed E-state index contributed by atoms with van der Waals surface area (Å²) in [5.74, 6) is 0.488. The Bertz CT molecular complexity index is 565. The molecule has 1 aromatic carbocycles. The van der Waals surface area contributed by atoms with Crippen LogP contribution in [0.1, 0.15) is 12.8 Å². The van der Waals surface area contributed by atoms with E-state index in [1.165, 1.54) is 12.8 Å². The van der Waals surface area contributed by atoms with E-state index in [2.05, 4.69) is 53.3 Å². The predicted octanol–water partition coefficient (Wildman–Crippen LogP) is 1.76. The van der Waals surface area contributed by atoms with Gasteiger partial charge in [0.05, 0.1) is 19.2 Å². The van der Waals surface area contributed by atoms with Gasteiger partial charge in [-0.1, -0.05) is 12.1 Å². The molecule has 0 spiro atoms. The fourth-order valence-corrected chi connectivity index (χ4v) is 3.11. The minimum atomic E-state index is -0.228. The van der Waals surface area contributed by atoms with E-state index in [1.54, 1.807) is 7.05 Å². The highest BCUT2D eigenvalue weighted by Gasteiger charge is 2.24. The lowest BCUT2D eigenvalue weighted by Gasteiger charge is -2.21. The van der Waals surface area contributed by atoms with E-state index < -0.39 is 0 Å². The van der Waals surface area contributed by atoms with Crippen LogP contribution in [0.25, 0.3) is 0 Å². The molecule has 1 aliphatic rings. The molecule has 7 heteroatoms. The fourth-order valence-electron chi connectivity index (χ4n) is 2.58. The topological polar surface area (TPSA) is 66.0 Å². The molecular formula is C16H23BrN4O2. The van der Waals surface area contributed by atoms with Crippen molar-refractivity contribution < 1.29 is 9.53 Å². The fraction of sp³-hybridized carbons (Fsp3) is 0.500. The number of hydrogen-bond acceptors (Lipinski definition) is 4. The number of rotatable bonds is 5. The van der Waals surface area contributed by atoms with Gasteiger partial charge < -0.3 is 20.3 Å². The minimum absolute atomic E-state index is 0.228. The van der Waals surface area contributed by atoms with Crippen molar-refractivity contribution in [1.29, 1.82) is 0 Å². The van der Waals surface area contributed by atoms with Gasteiger partial charge in [0, 0.05) is 37.2 Å². The summed E-state index contributed by atoms with van der Waals surface area (Å²) in [6.45, 7) is 2.42. The van der Waals surface area contributed by atoms with E-state index in [4.69, 9.17) is 0 Å². The summed E-state index contributed by atoms with van der Waals surface area (Å²) in [5, 5.41) is 6.54. The maximum atomic E-state index is 11.1. The first-order valence-corrected chi connectivity index (χ1v) is 8.46. The molecule has 2 rings (SSSR count). The van der Waals surface area contributed by atoms with Crippen LogP contribution in [0.2, 0.25) is 0 Å². The SMILES string of the molecule is CN=C(NCCC(=O)OC)NC1CCN(c2ccccc2Br)C1. The molecule has 1 unspecified atom stereocenters. The van der Waals surface area contributed by atoms with Gasteiger partial charge >= 0.3 is 5.97 Å². The first-order valence-electron chi connectivity index (χ1n) is 7.67. The molecule has 1 aliphatic heterocycles. The Morgan fingerprint density at radius 1 is 1.48 bits per heavy atom. The lowest BCUT2D eigenvalue weighted by Crippen LogP contribution is -2.45. The number of para-hydroxylation sites is 1. The van der Waals surface area contributed by atoms with Crippen molar-refractivity contribution in [2.45, 2.75) is 18.9 Å². The Hall–Kier alpha value is -1.76. The number of hydrogen-bond donors (Lipinski definition) is 2. The molecule has 126 valence electrons. The van der Waals surface area contributed by atoms with Crippen LogP contribution in [0.3, 0.4) is 0 Å². The van der Waals surface area contributed by atoms with Crippen LogP contribution >= 0.6 is 15.9 Å². The number of carbonyl (C=O) groups excluding carboxylic acids is 1. The molecule has 1 aromatic rings. The normalized spacial score (nSPS) is 18.0. The third kappa shape index (κ3) is 5.13. The van der Waals surface area contributed by atoms with Crippen molar-refractivity contribution in [3.8, 4) is 0 Å². The third-order valence-corrected chi connectivity index (χ3v) is 4.47. The maximum absolute atomic E-state index is 11.1.